The lowest BCUT2D eigenvalue weighted by atomic mass is 10.0. The van der Waals surface area contributed by atoms with Gasteiger partial charge in [-0.15, -0.1) is 11.3 Å². The van der Waals surface area contributed by atoms with Crippen LogP contribution in [0.5, 0.6) is 5.75 Å². The van der Waals surface area contributed by atoms with E-state index in [0.29, 0.717) is 43.8 Å². The van der Waals surface area contributed by atoms with Crippen LogP contribution in [0.3, 0.4) is 0 Å². The third-order valence-corrected chi connectivity index (χ3v) is 9.04. The molecule has 3 aromatic rings. The summed E-state index contributed by atoms with van der Waals surface area (Å²) in [6.07, 6.45) is 1.36. The molecule has 13 heteroatoms. The maximum Gasteiger partial charge on any atom is 0.257 e. The molecule has 2 bridgehead atoms. The number of carbonyl (C=O) groups is 4. The van der Waals surface area contributed by atoms with E-state index in [1.807, 2.05) is 44.2 Å². The Morgan fingerprint density at radius 1 is 0.900 bits per heavy atom. The van der Waals surface area contributed by atoms with E-state index in [9.17, 15) is 24.3 Å². The van der Waals surface area contributed by atoms with E-state index < -0.39 is 30.0 Å². The Labute approximate surface area is 298 Å². The predicted molar refractivity (Wildman–Crippen MR) is 193 cm³/mol. The maximum absolute atomic E-state index is 13.4. The Hall–Kier alpha value is -4.33. The number of hydrogen-bond donors (Lipinski definition) is 5. The van der Waals surface area contributed by atoms with Gasteiger partial charge in [0.05, 0.1) is 24.8 Å². The summed E-state index contributed by atoms with van der Waals surface area (Å²) < 4.78 is 5.72. The number of thiazole rings is 1. The normalized spacial score (nSPS) is 20.4. The van der Waals surface area contributed by atoms with Gasteiger partial charge in [-0.3, -0.25) is 24.1 Å². The fraction of sp³-hybridized carbons (Fsp3) is 0.486. The van der Waals surface area contributed by atoms with Gasteiger partial charge in [0.25, 0.3) is 5.91 Å². The molecule has 50 heavy (non-hydrogen) atoms. The third kappa shape index (κ3) is 12.8. The number of hydrogen-bond acceptors (Lipinski definition) is 9. The van der Waals surface area contributed by atoms with Gasteiger partial charge in [-0.05, 0) is 62.8 Å². The van der Waals surface area contributed by atoms with Crippen molar-refractivity contribution in [1.82, 2.24) is 31.2 Å². The van der Waals surface area contributed by atoms with Crippen LogP contribution in [0, 0.1) is 5.92 Å². The summed E-state index contributed by atoms with van der Waals surface area (Å²) in [5.41, 5.74) is 2.66. The molecule has 4 rings (SSSR count). The largest absolute Gasteiger partial charge is 0.484 e. The van der Waals surface area contributed by atoms with Crippen molar-refractivity contribution in [3.8, 4) is 17.0 Å². The van der Waals surface area contributed by atoms with Crippen molar-refractivity contribution in [2.24, 2.45) is 5.92 Å². The first-order valence-corrected chi connectivity index (χ1v) is 18.2. The fourth-order valence-corrected chi connectivity index (χ4v) is 6.48. The topological polar surface area (TPSA) is 162 Å². The first-order chi connectivity index (χ1) is 24.1. The van der Waals surface area contributed by atoms with E-state index in [-0.39, 0.29) is 30.8 Å². The van der Waals surface area contributed by atoms with Crippen LogP contribution in [0.15, 0.2) is 60.0 Å². The van der Waals surface area contributed by atoms with Crippen LogP contribution in [-0.2, 0) is 32.1 Å². The average molecular weight is 707 g/mol. The standard InChI is InChI=1S/C37H50N6O6S/c1-25(2)19-30-36(47)42-35(26(3)44)37(48)39-15-7-8-17-43(22-34-41-31(24-50-34)28-12-5-4-6-13-28)18-10-16-38-33(46)23-49-29-14-9-11-27(20-29)21-32(45)40-30/h4-6,9,11-14,20,24-26,30,35,44H,7-8,10,15-19,21-23H2,1-3H3,(H,38,46)(H,39,48)(H,40,45)(H,42,47)/t26-,30-,35+/m1/s1. The summed E-state index contributed by atoms with van der Waals surface area (Å²) in [6, 6.07) is 14.9. The Kier molecular flexibility index (Phi) is 15.2. The number of rotatable bonds is 6. The van der Waals surface area contributed by atoms with E-state index in [1.165, 1.54) is 6.92 Å². The lowest BCUT2D eigenvalue weighted by Crippen LogP contribution is -2.57. The van der Waals surface area contributed by atoms with Crippen LogP contribution in [0.2, 0.25) is 0 Å². The van der Waals surface area contributed by atoms with Gasteiger partial charge < -0.3 is 31.1 Å². The molecule has 0 aliphatic carbocycles. The molecule has 0 radical (unpaired) electrons. The average Bonchev–Trinajstić information content (AvgIpc) is 3.55. The van der Waals surface area contributed by atoms with E-state index in [1.54, 1.807) is 35.6 Å². The molecule has 0 fully saturated rings. The van der Waals surface area contributed by atoms with Crippen LogP contribution in [0.25, 0.3) is 11.3 Å². The van der Waals surface area contributed by atoms with Gasteiger partial charge in [-0.1, -0.05) is 56.3 Å². The second-order valence-electron chi connectivity index (χ2n) is 13.1. The number of nitrogens with zero attached hydrogens (tertiary/aromatic N) is 2. The van der Waals surface area contributed by atoms with Gasteiger partial charge in [0.15, 0.2) is 6.61 Å². The van der Waals surface area contributed by atoms with E-state index in [2.05, 4.69) is 31.5 Å². The van der Waals surface area contributed by atoms with Crippen molar-refractivity contribution >= 4 is 35.0 Å². The number of benzene rings is 2. The van der Waals surface area contributed by atoms with Gasteiger partial charge in [0.1, 0.15) is 22.8 Å². The summed E-state index contributed by atoms with van der Waals surface area (Å²) in [5, 5.41) is 24.7. The van der Waals surface area contributed by atoms with Crippen molar-refractivity contribution in [3.05, 3.63) is 70.5 Å². The highest BCUT2D eigenvalue weighted by Gasteiger charge is 2.30. The molecule has 0 unspecified atom stereocenters. The molecule has 2 heterocycles. The minimum atomic E-state index is -1.18. The number of fused-ring (bicyclic) bond motifs is 2. The highest BCUT2D eigenvalue weighted by atomic mass is 32.1. The van der Waals surface area contributed by atoms with Gasteiger partial charge in [0, 0.05) is 30.6 Å². The minimum Gasteiger partial charge on any atom is -0.484 e. The smallest absolute Gasteiger partial charge is 0.257 e. The molecule has 1 aliphatic heterocycles. The number of aromatic nitrogens is 1. The Balaban J connectivity index is 1.46. The van der Waals surface area contributed by atoms with Gasteiger partial charge >= 0.3 is 0 Å². The van der Waals surface area contributed by atoms with Crippen LogP contribution < -0.4 is 26.0 Å². The highest BCUT2D eigenvalue weighted by Crippen LogP contribution is 2.23. The first kappa shape index (κ1) is 38.5. The summed E-state index contributed by atoms with van der Waals surface area (Å²) in [4.78, 5) is 59.2. The first-order valence-electron chi connectivity index (χ1n) is 17.3. The summed E-state index contributed by atoms with van der Waals surface area (Å²) in [5.74, 6) is -1.13. The van der Waals surface area contributed by atoms with Gasteiger partial charge in [-0.2, -0.15) is 0 Å². The molecule has 0 spiro atoms. The molecular weight excluding hydrogens is 657 g/mol. The van der Waals surface area contributed by atoms with E-state index in [0.717, 1.165) is 42.2 Å². The maximum atomic E-state index is 13.4. The molecule has 0 saturated carbocycles. The Morgan fingerprint density at radius 2 is 1.66 bits per heavy atom. The molecule has 0 saturated heterocycles. The SMILES string of the molecule is CC(C)C[C@H]1NC(=O)Cc2cccc(c2)OCC(=O)NCCCN(Cc2nc(-c3ccccc3)cs2)CCCCNC(=O)[C@H]([C@@H](C)O)NC1=O. The summed E-state index contributed by atoms with van der Waals surface area (Å²) >= 11 is 1.61. The zero-order valence-corrected chi connectivity index (χ0v) is 30.0. The van der Waals surface area contributed by atoms with Crippen LogP contribution in [-0.4, -0.2) is 89.6 Å². The molecule has 4 amide bonds. The highest BCUT2D eigenvalue weighted by molar-refractivity contribution is 7.09. The van der Waals surface area contributed by atoms with Crippen LogP contribution in [0.4, 0.5) is 0 Å². The second-order valence-corrected chi connectivity index (χ2v) is 14.0. The third-order valence-electron chi connectivity index (χ3n) is 8.21. The Morgan fingerprint density at radius 3 is 2.42 bits per heavy atom. The number of amides is 4. The van der Waals surface area contributed by atoms with E-state index in [4.69, 9.17) is 9.72 Å². The number of aliphatic hydroxyl groups excluding tert-OH is 1. The molecule has 12 nitrogen and oxygen atoms in total. The lowest BCUT2D eigenvalue weighted by molar-refractivity contribution is -0.134. The zero-order valence-electron chi connectivity index (χ0n) is 29.2. The number of carbonyl (C=O) groups excluding carboxylic acids is 4. The molecule has 270 valence electrons. The predicted octanol–water partition coefficient (Wildman–Crippen LogP) is 3.05. The van der Waals surface area contributed by atoms with Gasteiger partial charge in [-0.25, -0.2) is 4.98 Å². The van der Waals surface area contributed by atoms with Crippen molar-refractivity contribution in [1.29, 1.82) is 0 Å². The van der Waals surface area contributed by atoms with Crippen molar-refractivity contribution in [2.45, 2.75) is 77.6 Å². The Bertz CT molecular complexity index is 1550. The summed E-state index contributed by atoms with van der Waals surface area (Å²) in [6.45, 7) is 8.13. The molecular formula is C37H50N6O6S. The summed E-state index contributed by atoms with van der Waals surface area (Å²) in [7, 11) is 0. The quantitative estimate of drug-likeness (QED) is 0.262. The monoisotopic (exact) mass is 706 g/mol. The molecule has 2 aromatic carbocycles. The minimum absolute atomic E-state index is 0.0172. The van der Waals surface area contributed by atoms with Crippen LogP contribution >= 0.6 is 11.3 Å². The molecule has 1 aromatic heterocycles. The molecule has 1 aliphatic rings. The number of ether oxygens (including phenoxy) is 1. The van der Waals surface area contributed by atoms with Gasteiger partial charge in [0.2, 0.25) is 17.7 Å². The van der Waals surface area contributed by atoms with Crippen LogP contribution in [0.1, 0.15) is 57.0 Å². The lowest BCUT2D eigenvalue weighted by Gasteiger charge is -2.26. The second kappa shape index (κ2) is 19.8. The van der Waals surface area contributed by atoms with Crippen molar-refractivity contribution in [3.63, 3.8) is 0 Å². The van der Waals surface area contributed by atoms with Crippen molar-refractivity contribution < 1.29 is 29.0 Å². The zero-order chi connectivity index (χ0) is 35.9. The van der Waals surface area contributed by atoms with E-state index >= 15 is 0 Å². The molecule has 3 atom stereocenters. The number of nitrogens with one attached hydrogen (secondary N) is 4. The van der Waals surface area contributed by atoms with Crippen molar-refractivity contribution in [2.75, 3.05) is 32.8 Å². The number of aliphatic hydroxyl groups is 1. The molecule has 5 N–H and O–H groups in total. The fourth-order valence-electron chi connectivity index (χ4n) is 5.64.